The molecule has 0 radical (unpaired) electrons. The lowest BCUT2D eigenvalue weighted by Gasteiger charge is -2.31. The normalized spacial score (nSPS) is 14.0. The summed E-state index contributed by atoms with van der Waals surface area (Å²) in [5.41, 5.74) is -5.78. The summed E-state index contributed by atoms with van der Waals surface area (Å²) in [5.74, 6) is -3.75. The maximum absolute atomic E-state index is 13.8. The van der Waals surface area contributed by atoms with Crippen molar-refractivity contribution in [3.8, 4) is 0 Å². The summed E-state index contributed by atoms with van der Waals surface area (Å²) in [5, 5.41) is 9.91. The highest BCUT2D eigenvalue weighted by atomic mass is 19.4. The van der Waals surface area contributed by atoms with E-state index in [9.17, 15) is 45.8 Å². The molecule has 0 fully saturated rings. The summed E-state index contributed by atoms with van der Waals surface area (Å²) in [6.45, 7) is 5.69. The Hall–Kier alpha value is -4.41. The monoisotopic (exact) mass is 592 g/mol. The van der Waals surface area contributed by atoms with Gasteiger partial charge in [0.2, 0.25) is 0 Å². The first-order valence-corrected chi connectivity index (χ1v) is 12.4. The van der Waals surface area contributed by atoms with Gasteiger partial charge in [-0.05, 0) is 58.5 Å². The Kier molecular flexibility index (Phi) is 8.76. The van der Waals surface area contributed by atoms with Crippen molar-refractivity contribution < 1.29 is 50.6 Å². The van der Waals surface area contributed by atoms with Crippen molar-refractivity contribution in [3.05, 3.63) is 118 Å². The summed E-state index contributed by atoms with van der Waals surface area (Å²) < 4.78 is 85.3. The lowest BCUT2D eigenvalue weighted by atomic mass is 9.71. The highest BCUT2D eigenvalue weighted by Crippen LogP contribution is 2.41. The highest BCUT2D eigenvalue weighted by molar-refractivity contribution is 6.06. The number of carbonyl (C=O) groups excluding carboxylic acids is 2. The lowest BCUT2D eigenvalue weighted by Crippen LogP contribution is -2.38. The number of alkyl halides is 6. The van der Waals surface area contributed by atoms with Crippen LogP contribution in [0.15, 0.2) is 78.9 Å². The number of hydrogen-bond acceptors (Lipinski definition) is 4. The SMILES string of the molecule is COC(=O)C(/C=C/C(=O)c1ccc(C(F)(F)F)cc1)(c1ccc(C(C)(C)C)cc1)c1cc(C(F)(F)F)ccc1C(=O)O. The molecule has 0 aliphatic heterocycles. The second-order valence-electron chi connectivity index (χ2n) is 10.5. The fraction of sp³-hybridized carbons (Fsp3) is 0.258. The van der Waals surface area contributed by atoms with Crippen LogP contribution in [0.25, 0.3) is 0 Å². The number of allylic oxidation sites excluding steroid dienone is 1. The zero-order valence-corrected chi connectivity index (χ0v) is 22.9. The van der Waals surface area contributed by atoms with Crippen LogP contribution in [0, 0.1) is 0 Å². The van der Waals surface area contributed by atoms with Crippen LogP contribution in [-0.4, -0.2) is 29.9 Å². The molecule has 0 heterocycles. The summed E-state index contributed by atoms with van der Waals surface area (Å²) in [6.07, 6.45) is -7.88. The number of ether oxygens (including phenoxy) is 1. The first-order valence-electron chi connectivity index (χ1n) is 12.4. The minimum atomic E-state index is -4.93. The Morgan fingerprint density at radius 2 is 1.19 bits per heavy atom. The van der Waals surface area contributed by atoms with Gasteiger partial charge in [-0.3, -0.25) is 9.59 Å². The zero-order valence-electron chi connectivity index (χ0n) is 22.9. The summed E-state index contributed by atoms with van der Waals surface area (Å²) in [6, 6.07) is 10.9. The summed E-state index contributed by atoms with van der Waals surface area (Å²) >= 11 is 0. The molecule has 1 N–H and O–H groups in total. The van der Waals surface area contributed by atoms with Crippen LogP contribution in [0.3, 0.4) is 0 Å². The van der Waals surface area contributed by atoms with Gasteiger partial charge in [0.1, 0.15) is 5.41 Å². The van der Waals surface area contributed by atoms with Gasteiger partial charge in [0.05, 0.1) is 23.8 Å². The largest absolute Gasteiger partial charge is 0.478 e. The van der Waals surface area contributed by atoms with Gasteiger partial charge in [0.25, 0.3) is 0 Å². The van der Waals surface area contributed by atoms with Gasteiger partial charge < -0.3 is 9.84 Å². The molecule has 5 nitrogen and oxygen atoms in total. The minimum Gasteiger partial charge on any atom is -0.478 e. The maximum Gasteiger partial charge on any atom is 0.416 e. The molecule has 3 aromatic rings. The molecule has 0 saturated carbocycles. The number of ketones is 1. The van der Waals surface area contributed by atoms with Gasteiger partial charge in [-0.1, -0.05) is 63.2 Å². The van der Waals surface area contributed by atoms with Crippen molar-refractivity contribution >= 4 is 17.7 Å². The second-order valence-corrected chi connectivity index (χ2v) is 10.5. The average molecular weight is 593 g/mol. The Bertz CT molecular complexity index is 1510. The molecule has 0 aliphatic carbocycles. The Morgan fingerprint density at radius 3 is 1.64 bits per heavy atom. The molecule has 1 unspecified atom stereocenters. The minimum absolute atomic E-state index is 0.0133. The van der Waals surface area contributed by atoms with E-state index in [4.69, 9.17) is 4.74 Å². The molecular weight excluding hydrogens is 566 g/mol. The van der Waals surface area contributed by atoms with Crippen LogP contribution in [0.1, 0.15) is 69.3 Å². The number of carboxylic acid groups (broad SMARTS) is 1. The van der Waals surface area contributed by atoms with Crippen LogP contribution in [0.5, 0.6) is 0 Å². The van der Waals surface area contributed by atoms with Crippen molar-refractivity contribution in [1.82, 2.24) is 0 Å². The van der Waals surface area contributed by atoms with E-state index in [1.54, 1.807) is 12.1 Å². The smallest absolute Gasteiger partial charge is 0.416 e. The Labute approximate surface area is 237 Å². The molecule has 42 heavy (non-hydrogen) atoms. The molecule has 0 aromatic heterocycles. The molecule has 11 heteroatoms. The first kappa shape index (κ1) is 32.1. The molecule has 3 rings (SSSR count). The fourth-order valence-corrected chi connectivity index (χ4v) is 4.39. The van der Waals surface area contributed by atoms with E-state index in [1.165, 1.54) is 12.1 Å². The lowest BCUT2D eigenvalue weighted by molar-refractivity contribution is -0.144. The van der Waals surface area contributed by atoms with Gasteiger partial charge >= 0.3 is 24.3 Å². The number of methoxy groups -OCH3 is 1. The molecule has 0 amide bonds. The third-order valence-corrected chi connectivity index (χ3v) is 6.70. The quantitative estimate of drug-likeness (QED) is 0.132. The highest BCUT2D eigenvalue weighted by Gasteiger charge is 2.45. The molecule has 222 valence electrons. The number of carbonyl (C=O) groups is 3. The van der Waals surface area contributed by atoms with Crippen LogP contribution in [-0.2, 0) is 32.7 Å². The number of benzene rings is 3. The molecule has 3 aromatic carbocycles. The molecular formula is C31H26F6O5. The molecule has 0 saturated heterocycles. The molecule has 0 bridgehead atoms. The van der Waals surface area contributed by atoms with E-state index < -0.39 is 57.7 Å². The van der Waals surface area contributed by atoms with Gasteiger partial charge in [0, 0.05) is 5.56 Å². The second kappa shape index (κ2) is 11.5. The maximum atomic E-state index is 13.8. The van der Waals surface area contributed by atoms with Gasteiger partial charge in [-0.2, -0.15) is 26.3 Å². The number of aromatic carboxylic acids is 1. The molecule has 0 aliphatic rings. The van der Waals surface area contributed by atoms with Crippen LogP contribution >= 0.6 is 0 Å². The zero-order chi connectivity index (χ0) is 31.7. The van der Waals surface area contributed by atoms with Gasteiger partial charge in [-0.25, -0.2) is 4.79 Å². The van der Waals surface area contributed by atoms with E-state index in [2.05, 4.69) is 0 Å². The Morgan fingerprint density at radius 1 is 0.714 bits per heavy atom. The number of esters is 1. The van der Waals surface area contributed by atoms with Gasteiger partial charge in [-0.15, -0.1) is 0 Å². The van der Waals surface area contributed by atoms with Gasteiger partial charge in [0.15, 0.2) is 5.78 Å². The average Bonchev–Trinajstić information content (AvgIpc) is 2.91. The van der Waals surface area contributed by atoms with E-state index in [0.29, 0.717) is 30.3 Å². The summed E-state index contributed by atoms with van der Waals surface area (Å²) in [4.78, 5) is 38.8. The van der Waals surface area contributed by atoms with E-state index in [-0.39, 0.29) is 16.5 Å². The van der Waals surface area contributed by atoms with E-state index >= 15 is 0 Å². The fourth-order valence-electron chi connectivity index (χ4n) is 4.39. The molecule has 1 atom stereocenters. The standard InChI is InChI=1S/C31H26F6O5/c1-28(2,3)19-9-11-20(12-10-19)29(27(41)42-4,24-17-22(31(35,36)37)13-14-23(24)26(39)40)16-15-25(38)18-5-7-21(8-6-18)30(32,33)34/h5-17H,1-4H3,(H,39,40)/b16-15+. The predicted octanol–water partition coefficient (Wildman–Crippen LogP) is 7.62. The van der Waals surface area contributed by atoms with Crippen LogP contribution in [0.4, 0.5) is 26.3 Å². The van der Waals surface area contributed by atoms with Crippen molar-refractivity contribution in [1.29, 1.82) is 0 Å². The molecule has 0 spiro atoms. The first-order chi connectivity index (χ1) is 19.3. The third kappa shape index (κ3) is 6.56. The topological polar surface area (TPSA) is 80.7 Å². The number of hydrogen-bond donors (Lipinski definition) is 1. The third-order valence-electron chi connectivity index (χ3n) is 6.70. The Balaban J connectivity index is 2.36. The number of rotatable bonds is 7. The summed E-state index contributed by atoms with van der Waals surface area (Å²) in [7, 11) is 0.945. The van der Waals surface area contributed by atoms with Crippen LogP contribution in [0.2, 0.25) is 0 Å². The predicted molar refractivity (Wildman–Crippen MR) is 141 cm³/mol. The van der Waals surface area contributed by atoms with E-state index in [0.717, 1.165) is 37.0 Å². The van der Waals surface area contributed by atoms with Crippen molar-refractivity contribution in [2.45, 2.75) is 44.0 Å². The number of carboxylic acids is 1. The van der Waals surface area contributed by atoms with Crippen LogP contribution < -0.4 is 0 Å². The van der Waals surface area contributed by atoms with Crippen molar-refractivity contribution in [2.24, 2.45) is 0 Å². The number of halogens is 6. The van der Waals surface area contributed by atoms with E-state index in [1.807, 2.05) is 20.8 Å². The van der Waals surface area contributed by atoms with Crippen molar-refractivity contribution in [2.75, 3.05) is 7.11 Å². The van der Waals surface area contributed by atoms with Crippen molar-refractivity contribution in [3.63, 3.8) is 0 Å².